The molecule has 3 rings (SSSR count). The van der Waals surface area contributed by atoms with Crippen molar-refractivity contribution in [1.29, 1.82) is 0 Å². The molecule has 0 aromatic heterocycles. The second kappa shape index (κ2) is 9.17. The van der Waals surface area contributed by atoms with Crippen LogP contribution in [0, 0.1) is 11.7 Å². The van der Waals surface area contributed by atoms with Crippen molar-refractivity contribution in [1.82, 2.24) is 10.6 Å². The third kappa shape index (κ3) is 4.57. The molecule has 6 nitrogen and oxygen atoms in total. The number of esters is 1. The number of rotatable bonds is 6. The van der Waals surface area contributed by atoms with Gasteiger partial charge in [-0.15, -0.1) is 0 Å². The minimum Gasteiger partial charge on any atom is -0.489 e. The zero-order chi connectivity index (χ0) is 21.8. The largest absolute Gasteiger partial charge is 0.489 e. The molecule has 2 amide bonds. The zero-order valence-electron chi connectivity index (χ0n) is 16.8. The van der Waals surface area contributed by atoms with Gasteiger partial charge in [0.2, 0.25) is 0 Å². The van der Waals surface area contributed by atoms with E-state index in [1.165, 1.54) is 19.2 Å². The van der Waals surface area contributed by atoms with Crippen LogP contribution in [0.1, 0.15) is 31.0 Å². The van der Waals surface area contributed by atoms with Gasteiger partial charge in [-0.3, -0.25) is 0 Å². The predicted octanol–water partition coefficient (Wildman–Crippen LogP) is 4.50. The Morgan fingerprint density at radius 3 is 2.50 bits per heavy atom. The lowest BCUT2D eigenvalue weighted by molar-refractivity contribution is -0.136. The second-order valence-electron chi connectivity index (χ2n) is 7.06. The molecule has 1 atom stereocenters. The number of carbonyl (C=O) groups excluding carboxylic acids is 2. The molecular weight excluding hydrogens is 411 g/mol. The Kier molecular flexibility index (Phi) is 6.62. The third-order valence-electron chi connectivity index (χ3n) is 4.74. The molecule has 158 valence electrons. The molecular formula is C22H22ClFN2O4. The highest BCUT2D eigenvalue weighted by atomic mass is 35.5. The molecule has 0 bridgehead atoms. The first-order valence-electron chi connectivity index (χ1n) is 9.37. The first-order chi connectivity index (χ1) is 14.3. The molecule has 2 N–H and O–H groups in total. The number of benzene rings is 2. The van der Waals surface area contributed by atoms with E-state index in [9.17, 15) is 14.0 Å². The smallest absolute Gasteiger partial charge is 0.337 e. The van der Waals surface area contributed by atoms with Crippen molar-refractivity contribution in [2.45, 2.75) is 26.5 Å². The molecule has 8 heteroatoms. The lowest BCUT2D eigenvalue weighted by Gasteiger charge is -2.30. The summed E-state index contributed by atoms with van der Waals surface area (Å²) < 4.78 is 24.5. The van der Waals surface area contributed by atoms with Crippen molar-refractivity contribution in [2.75, 3.05) is 7.11 Å². The fourth-order valence-corrected chi connectivity index (χ4v) is 3.43. The topological polar surface area (TPSA) is 76.7 Å². The molecule has 30 heavy (non-hydrogen) atoms. The van der Waals surface area contributed by atoms with Crippen LogP contribution in [0.5, 0.6) is 5.75 Å². The number of hydrogen-bond donors (Lipinski definition) is 2. The van der Waals surface area contributed by atoms with E-state index < -0.39 is 23.9 Å². The number of allylic oxidation sites excluding steroid dienone is 1. The Morgan fingerprint density at radius 1 is 1.20 bits per heavy atom. The Labute approximate surface area is 179 Å². The lowest BCUT2D eigenvalue weighted by Crippen LogP contribution is -2.47. The van der Waals surface area contributed by atoms with Gasteiger partial charge >= 0.3 is 12.0 Å². The van der Waals surface area contributed by atoms with Crippen molar-refractivity contribution >= 4 is 23.6 Å². The van der Waals surface area contributed by atoms with Crippen molar-refractivity contribution in [3.8, 4) is 5.75 Å². The fraction of sp³-hybridized carbons (Fsp3) is 0.273. The highest BCUT2D eigenvalue weighted by Gasteiger charge is 2.34. The Balaban J connectivity index is 1.84. The molecule has 0 saturated heterocycles. The fourth-order valence-electron chi connectivity index (χ4n) is 3.21. The van der Waals surface area contributed by atoms with Crippen molar-refractivity contribution in [3.05, 3.63) is 75.7 Å². The highest BCUT2D eigenvalue weighted by Crippen LogP contribution is 2.31. The van der Waals surface area contributed by atoms with Crippen LogP contribution < -0.4 is 15.4 Å². The molecule has 2 aromatic rings. The first kappa shape index (κ1) is 21.6. The minimum atomic E-state index is -0.668. The summed E-state index contributed by atoms with van der Waals surface area (Å²) in [6.45, 7) is 3.73. The second-order valence-corrected chi connectivity index (χ2v) is 7.47. The third-order valence-corrected chi connectivity index (χ3v) is 5.10. The van der Waals surface area contributed by atoms with E-state index in [2.05, 4.69) is 10.6 Å². The molecule has 1 unspecified atom stereocenters. The molecule has 2 aromatic carbocycles. The van der Waals surface area contributed by atoms with Crippen molar-refractivity contribution in [3.63, 3.8) is 0 Å². The number of urea groups is 1. The summed E-state index contributed by atoms with van der Waals surface area (Å²) in [6, 6.07) is 10.2. The normalized spacial score (nSPS) is 16.2. The van der Waals surface area contributed by atoms with Crippen LogP contribution in [0.2, 0.25) is 5.02 Å². The van der Waals surface area contributed by atoms with Gasteiger partial charge in [-0.25, -0.2) is 14.0 Å². The van der Waals surface area contributed by atoms with E-state index in [1.807, 2.05) is 13.8 Å². The number of ether oxygens (including phenoxy) is 2. The van der Waals surface area contributed by atoms with Gasteiger partial charge < -0.3 is 20.1 Å². The maximum Gasteiger partial charge on any atom is 0.337 e. The Hall–Kier alpha value is -3.06. The van der Waals surface area contributed by atoms with Crippen molar-refractivity contribution in [2.24, 2.45) is 5.92 Å². The van der Waals surface area contributed by atoms with Crippen LogP contribution in [0.25, 0.3) is 0 Å². The number of methoxy groups -OCH3 is 1. The van der Waals surface area contributed by atoms with Gasteiger partial charge in [-0.1, -0.05) is 43.6 Å². The average molecular weight is 433 g/mol. The maximum absolute atomic E-state index is 13.9. The molecule has 0 radical (unpaired) electrons. The molecule has 0 fully saturated rings. The van der Waals surface area contributed by atoms with E-state index in [-0.39, 0.29) is 23.1 Å². The maximum atomic E-state index is 13.9. The van der Waals surface area contributed by atoms with Crippen LogP contribution in [-0.4, -0.2) is 19.1 Å². The predicted molar refractivity (Wildman–Crippen MR) is 110 cm³/mol. The van der Waals surface area contributed by atoms with Gasteiger partial charge in [-0.05, 0) is 35.7 Å². The number of amides is 2. The molecule has 0 aliphatic carbocycles. The Bertz CT molecular complexity index is 969. The van der Waals surface area contributed by atoms with Crippen LogP contribution >= 0.6 is 11.6 Å². The van der Waals surface area contributed by atoms with E-state index in [1.54, 1.807) is 30.3 Å². The van der Waals surface area contributed by atoms with Gasteiger partial charge in [-0.2, -0.15) is 0 Å². The summed E-state index contributed by atoms with van der Waals surface area (Å²) in [6.07, 6.45) is 0. The number of carbonyl (C=O) groups is 2. The van der Waals surface area contributed by atoms with Crippen LogP contribution in [0.3, 0.4) is 0 Å². The molecule has 0 saturated carbocycles. The zero-order valence-corrected chi connectivity index (χ0v) is 17.5. The molecule has 0 spiro atoms. The van der Waals surface area contributed by atoms with Gasteiger partial charge in [0, 0.05) is 11.3 Å². The van der Waals surface area contributed by atoms with E-state index in [0.29, 0.717) is 22.6 Å². The number of halogens is 2. The van der Waals surface area contributed by atoms with Gasteiger partial charge in [0.05, 0.1) is 23.7 Å². The number of hydrogen-bond acceptors (Lipinski definition) is 4. The summed E-state index contributed by atoms with van der Waals surface area (Å²) in [5, 5.41) is 5.75. The van der Waals surface area contributed by atoms with Gasteiger partial charge in [0.15, 0.2) is 0 Å². The summed E-state index contributed by atoms with van der Waals surface area (Å²) in [5.74, 6) is -0.553. The summed E-state index contributed by atoms with van der Waals surface area (Å²) in [4.78, 5) is 24.5. The lowest BCUT2D eigenvalue weighted by atomic mass is 9.91. The first-order valence-corrected chi connectivity index (χ1v) is 9.75. The SMILES string of the molecule is COC(=O)C1=C(C(C)C)NC(=O)NC1c1ccc(OCc2c(F)cccc2Cl)cc1. The van der Waals surface area contributed by atoms with Gasteiger partial charge in [0.25, 0.3) is 0 Å². The molecule has 1 aliphatic heterocycles. The standard InChI is InChI=1S/C22H22ClFN2O4/c1-12(2)19-18(21(27)29-3)20(26-22(28)25-19)13-7-9-14(10-8-13)30-11-15-16(23)5-4-6-17(15)24/h4-10,12,20H,11H2,1-3H3,(H2,25,26,28). The quantitative estimate of drug-likeness (QED) is 0.659. The summed E-state index contributed by atoms with van der Waals surface area (Å²) in [5.41, 5.74) is 1.81. The van der Waals surface area contributed by atoms with Crippen molar-refractivity contribution < 1.29 is 23.5 Å². The van der Waals surface area contributed by atoms with Crippen LogP contribution in [-0.2, 0) is 16.1 Å². The molecule has 1 heterocycles. The number of nitrogens with one attached hydrogen (secondary N) is 2. The summed E-state index contributed by atoms with van der Waals surface area (Å²) in [7, 11) is 1.30. The average Bonchev–Trinajstić information content (AvgIpc) is 2.72. The van der Waals surface area contributed by atoms with E-state index >= 15 is 0 Å². The van der Waals surface area contributed by atoms with Crippen LogP contribution in [0.4, 0.5) is 9.18 Å². The highest BCUT2D eigenvalue weighted by molar-refractivity contribution is 6.31. The molecule has 1 aliphatic rings. The monoisotopic (exact) mass is 432 g/mol. The minimum absolute atomic E-state index is 0.0280. The van der Waals surface area contributed by atoms with E-state index in [4.69, 9.17) is 21.1 Å². The van der Waals surface area contributed by atoms with Crippen LogP contribution in [0.15, 0.2) is 53.7 Å². The van der Waals surface area contributed by atoms with E-state index in [0.717, 1.165) is 0 Å². The van der Waals surface area contributed by atoms with Gasteiger partial charge in [0.1, 0.15) is 18.2 Å². The summed E-state index contributed by atoms with van der Waals surface area (Å²) >= 11 is 6.02. The Morgan fingerprint density at radius 2 is 1.90 bits per heavy atom.